The predicted molar refractivity (Wildman–Crippen MR) is 289 cm³/mol. The minimum absolute atomic E-state index is 0. The molecule has 10 aromatic rings. The monoisotopic (exact) mass is 1140 g/mol. The second-order valence-corrected chi connectivity index (χ2v) is 30.9. The fourth-order valence-electron chi connectivity index (χ4n) is 10.3. The number of rotatable bonds is 10. The van der Waals surface area contributed by atoms with Crippen LogP contribution in [0.1, 0.15) is 81.9 Å². The van der Waals surface area contributed by atoms with Gasteiger partial charge in [0.05, 0.1) is 22.4 Å². The SMILES string of the molecule is CC(C)c1cc(-c2ccccc2)cc(C(C)C)c1-n1c(-c2[c-]ccc3c2oc2cc(-c4ccccc4)ccc23)nc2ccccc21.[CH3][Ge]([CH3])([CH3])[c]1cnc(-c2[c-]cccc2)cc1CC1CCCC1.[Ir]. The van der Waals surface area contributed by atoms with Gasteiger partial charge in [0.25, 0.3) is 0 Å². The second-order valence-electron chi connectivity index (χ2n) is 20.3. The number of para-hydroxylation sites is 2. The molecule has 11 rings (SSSR count). The molecule has 0 N–H and O–H groups in total. The van der Waals surface area contributed by atoms with Crippen molar-refractivity contribution in [3.8, 4) is 50.6 Å². The summed E-state index contributed by atoms with van der Waals surface area (Å²) in [4.78, 5) is 10.1. The molecule has 1 aliphatic rings. The molecule has 69 heavy (non-hydrogen) atoms. The first kappa shape index (κ1) is 48.2. The first-order valence-corrected chi connectivity index (χ1v) is 32.0. The van der Waals surface area contributed by atoms with E-state index in [9.17, 15) is 0 Å². The molecule has 0 spiro atoms. The van der Waals surface area contributed by atoms with E-state index in [0.29, 0.717) is 0 Å². The Labute approximate surface area is 425 Å². The third-order valence-electron chi connectivity index (χ3n) is 13.8. The molecule has 3 heterocycles. The molecule has 1 saturated carbocycles. The average Bonchev–Trinajstić information content (AvgIpc) is 4.12. The van der Waals surface area contributed by atoms with Gasteiger partial charge in [0, 0.05) is 31.2 Å². The summed E-state index contributed by atoms with van der Waals surface area (Å²) in [5, 5.41) is 2.15. The van der Waals surface area contributed by atoms with E-state index < -0.39 is 13.3 Å². The van der Waals surface area contributed by atoms with Crippen LogP contribution in [0.4, 0.5) is 0 Å². The number of aromatic nitrogens is 3. The topological polar surface area (TPSA) is 43.9 Å². The van der Waals surface area contributed by atoms with E-state index in [4.69, 9.17) is 14.4 Å². The summed E-state index contributed by atoms with van der Waals surface area (Å²) in [5.74, 6) is 9.72. The van der Waals surface area contributed by atoms with Crippen LogP contribution in [0.2, 0.25) is 17.3 Å². The van der Waals surface area contributed by atoms with Crippen LogP contribution in [0.25, 0.3) is 83.6 Å². The molecular formula is C63H61GeIrN3O-2. The number of imidazole rings is 1. The zero-order valence-corrected chi connectivity index (χ0v) is 45.4. The Morgan fingerprint density at radius 1 is 0.652 bits per heavy atom. The summed E-state index contributed by atoms with van der Waals surface area (Å²) >= 11 is -1.87. The Morgan fingerprint density at radius 2 is 1.30 bits per heavy atom. The largest absolute Gasteiger partial charge is 0 e. The smallest absolute Gasteiger partial charge is 0 e. The fourth-order valence-corrected chi connectivity index (χ4v) is 13.7. The van der Waals surface area contributed by atoms with Gasteiger partial charge in [-0.3, -0.25) is 4.98 Å². The first-order chi connectivity index (χ1) is 33.0. The molecule has 349 valence electrons. The summed E-state index contributed by atoms with van der Waals surface area (Å²) in [7, 11) is 0. The fraction of sp³-hybridized carbons (Fsp3) is 0.238. The molecule has 0 saturated heterocycles. The Bertz CT molecular complexity index is 3330. The van der Waals surface area contributed by atoms with Crippen molar-refractivity contribution in [1.29, 1.82) is 0 Å². The molecule has 1 fully saturated rings. The number of furan rings is 1. The quantitative estimate of drug-likeness (QED) is 0.101. The zero-order valence-electron chi connectivity index (χ0n) is 40.9. The standard InChI is InChI=1S/C43H35N2O.C20H26GeN.Ir/c1-27(2)36-24-32(30-16-9-6-10-17-30)25-37(28(3)4)41(36)45-39-21-12-11-20-38(39)44-43(45)35-19-13-18-34-33-23-22-31(26-40(33)46-42(34)35)29-14-7-5-8-15-29;1-21(2,3)19-15-22-20(17-11-5-4-6-12-17)14-18(19)13-16-9-7-8-10-16;/h5-18,20-28H,1-4H3;4-6,11,14-16H,7-10,13H2,1-3H3;/q2*-1;. The van der Waals surface area contributed by atoms with E-state index >= 15 is 0 Å². The predicted octanol–water partition coefficient (Wildman–Crippen LogP) is 16.8. The van der Waals surface area contributed by atoms with Crippen LogP contribution in [0.5, 0.6) is 0 Å². The van der Waals surface area contributed by atoms with Gasteiger partial charge in [0.15, 0.2) is 0 Å². The van der Waals surface area contributed by atoms with E-state index in [1.54, 1.807) is 9.96 Å². The number of fused-ring (bicyclic) bond motifs is 4. The molecule has 3 aromatic heterocycles. The number of benzene rings is 7. The number of nitrogens with zero attached hydrogens (tertiary/aromatic N) is 3. The van der Waals surface area contributed by atoms with Crippen molar-refractivity contribution >= 4 is 50.6 Å². The minimum atomic E-state index is -1.87. The maximum Gasteiger partial charge on any atom is 0 e. The molecule has 1 aliphatic carbocycles. The molecule has 4 nitrogen and oxygen atoms in total. The molecule has 0 unspecified atom stereocenters. The van der Waals surface area contributed by atoms with Gasteiger partial charge in [0.1, 0.15) is 5.58 Å². The molecule has 1 radical (unpaired) electrons. The molecular weight excluding hydrogens is 1080 g/mol. The van der Waals surface area contributed by atoms with Crippen LogP contribution >= 0.6 is 0 Å². The molecule has 0 amide bonds. The summed E-state index contributed by atoms with van der Waals surface area (Å²) in [6.45, 7) is 9.14. The van der Waals surface area contributed by atoms with Crippen molar-refractivity contribution in [2.45, 2.75) is 88.9 Å². The van der Waals surface area contributed by atoms with Crippen molar-refractivity contribution < 1.29 is 24.5 Å². The van der Waals surface area contributed by atoms with Gasteiger partial charge < -0.3 is 8.98 Å². The van der Waals surface area contributed by atoms with Gasteiger partial charge >= 0.3 is 137 Å². The zero-order chi connectivity index (χ0) is 46.9. The first-order valence-electron chi connectivity index (χ1n) is 24.6. The van der Waals surface area contributed by atoms with Crippen molar-refractivity contribution in [1.82, 2.24) is 14.5 Å². The number of hydrogen-bond acceptors (Lipinski definition) is 3. The van der Waals surface area contributed by atoms with Crippen LogP contribution in [-0.2, 0) is 26.5 Å². The van der Waals surface area contributed by atoms with Gasteiger partial charge in [-0.15, -0.1) is 18.2 Å². The summed E-state index contributed by atoms with van der Waals surface area (Å²) in [5.41, 5.74) is 16.9. The molecule has 0 atom stereocenters. The van der Waals surface area contributed by atoms with Crippen LogP contribution in [0.15, 0.2) is 168 Å². The Kier molecular flexibility index (Phi) is 14.4. The second kappa shape index (κ2) is 20.6. The van der Waals surface area contributed by atoms with E-state index in [1.165, 1.54) is 65.6 Å². The molecule has 0 bridgehead atoms. The Hall–Kier alpha value is -5.85. The van der Waals surface area contributed by atoms with Gasteiger partial charge in [-0.25, -0.2) is 0 Å². The maximum absolute atomic E-state index is 6.73. The minimum Gasteiger partial charge on any atom is 0 e. The van der Waals surface area contributed by atoms with Crippen molar-refractivity contribution in [3.63, 3.8) is 0 Å². The molecule has 0 aliphatic heterocycles. The van der Waals surface area contributed by atoms with Gasteiger partial charge in [0.2, 0.25) is 0 Å². The maximum atomic E-state index is 6.73. The normalized spacial score (nSPS) is 13.1. The van der Waals surface area contributed by atoms with Crippen molar-refractivity contribution in [2.75, 3.05) is 0 Å². The van der Waals surface area contributed by atoms with Crippen LogP contribution < -0.4 is 4.40 Å². The van der Waals surface area contributed by atoms with E-state index in [-0.39, 0.29) is 31.9 Å². The van der Waals surface area contributed by atoms with Crippen LogP contribution in [-0.4, -0.2) is 27.8 Å². The molecule has 6 heteroatoms. The Balaban J connectivity index is 0.000000217. The molecule has 7 aromatic carbocycles. The Morgan fingerprint density at radius 3 is 1.96 bits per heavy atom. The summed E-state index contributed by atoms with van der Waals surface area (Å²) < 4.78 is 10.7. The van der Waals surface area contributed by atoms with E-state index in [0.717, 1.165) is 67.1 Å². The average molecular weight is 1140 g/mol. The van der Waals surface area contributed by atoms with Crippen molar-refractivity contribution in [2.24, 2.45) is 5.92 Å². The van der Waals surface area contributed by atoms with Gasteiger partial charge in [-0.05, 0) is 75.5 Å². The summed E-state index contributed by atoms with van der Waals surface area (Å²) in [6.07, 6.45) is 9.08. The van der Waals surface area contributed by atoms with E-state index in [2.05, 4.69) is 201 Å². The van der Waals surface area contributed by atoms with Gasteiger partial charge in [-0.2, -0.15) is 0 Å². The van der Waals surface area contributed by atoms with Crippen LogP contribution in [0.3, 0.4) is 0 Å². The third kappa shape index (κ3) is 9.97. The third-order valence-corrected chi connectivity index (χ3v) is 18.2. The van der Waals surface area contributed by atoms with E-state index in [1.807, 2.05) is 24.3 Å². The number of hydrogen-bond donors (Lipinski definition) is 0. The van der Waals surface area contributed by atoms with Gasteiger partial charge in [-0.1, -0.05) is 124 Å². The number of pyridine rings is 1. The van der Waals surface area contributed by atoms with Crippen molar-refractivity contribution in [3.05, 3.63) is 193 Å². The van der Waals surface area contributed by atoms with Crippen LogP contribution in [0, 0.1) is 18.1 Å². The summed E-state index contributed by atoms with van der Waals surface area (Å²) in [6, 6.07) is 62.3.